The normalized spacial score (nSPS) is 11.6. The van der Waals surface area contributed by atoms with Crippen LogP contribution in [0.15, 0.2) is 53.7 Å². The number of H-pyrrole nitrogens is 2. The average Bonchev–Trinajstić information content (AvgIpc) is 3.41. The molecule has 1 aromatic carbocycles. The van der Waals surface area contributed by atoms with Gasteiger partial charge in [0.15, 0.2) is 0 Å². The van der Waals surface area contributed by atoms with Crippen LogP contribution in [0.25, 0.3) is 33.1 Å². The number of pyridine rings is 2. The summed E-state index contributed by atoms with van der Waals surface area (Å²) in [5.74, 6) is -0.212. The zero-order valence-electron chi connectivity index (χ0n) is 20.6. The van der Waals surface area contributed by atoms with Gasteiger partial charge in [-0.25, -0.2) is 4.98 Å². The summed E-state index contributed by atoms with van der Waals surface area (Å²) < 4.78 is 2.20. The maximum Gasteiger partial charge on any atom is 0.253 e. The molecule has 0 aliphatic carbocycles. The summed E-state index contributed by atoms with van der Waals surface area (Å²) >= 11 is 0. The second-order valence-electron chi connectivity index (χ2n) is 9.50. The molecule has 0 aliphatic rings. The number of fused-ring (bicyclic) bond motifs is 2. The van der Waals surface area contributed by atoms with Crippen molar-refractivity contribution in [2.75, 3.05) is 0 Å². The van der Waals surface area contributed by atoms with E-state index in [4.69, 9.17) is 0 Å². The minimum absolute atomic E-state index is 0.160. The third kappa shape index (κ3) is 4.03. The SMILES string of the molecule is Cc1cc(C)c(CNC(=O)c2cc(-c3cnc4[nH]ccc4c3)cc3c2c(C)cn3C(C)C)c(=O)[nH]1. The first-order valence-corrected chi connectivity index (χ1v) is 11.8. The maximum atomic E-state index is 13.6. The minimum Gasteiger partial charge on any atom is -0.348 e. The summed E-state index contributed by atoms with van der Waals surface area (Å²) in [5, 5.41) is 4.92. The van der Waals surface area contributed by atoms with E-state index in [1.165, 1.54) is 0 Å². The van der Waals surface area contributed by atoms with Gasteiger partial charge in [-0.1, -0.05) is 0 Å². The molecule has 178 valence electrons. The van der Waals surface area contributed by atoms with Crippen LogP contribution < -0.4 is 10.9 Å². The number of aromatic nitrogens is 4. The summed E-state index contributed by atoms with van der Waals surface area (Å²) in [5.41, 5.74) is 7.36. The topological polar surface area (TPSA) is 95.6 Å². The quantitative estimate of drug-likeness (QED) is 0.327. The molecule has 4 heterocycles. The Hall–Kier alpha value is -4.13. The van der Waals surface area contributed by atoms with Crippen molar-refractivity contribution in [3.05, 3.63) is 87.2 Å². The lowest BCUT2D eigenvalue weighted by atomic mass is 9.98. The lowest BCUT2D eigenvalue weighted by Gasteiger charge is -2.14. The highest BCUT2D eigenvalue weighted by Gasteiger charge is 2.19. The van der Waals surface area contributed by atoms with E-state index in [2.05, 4.69) is 57.0 Å². The Labute approximate surface area is 203 Å². The van der Waals surface area contributed by atoms with E-state index < -0.39 is 0 Å². The van der Waals surface area contributed by atoms with Crippen molar-refractivity contribution in [1.82, 2.24) is 24.8 Å². The van der Waals surface area contributed by atoms with Crippen LogP contribution in [0.5, 0.6) is 0 Å². The van der Waals surface area contributed by atoms with Crippen molar-refractivity contribution >= 4 is 27.8 Å². The van der Waals surface area contributed by atoms with Gasteiger partial charge in [-0.2, -0.15) is 0 Å². The van der Waals surface area contributed by atoms with E-state index in [9.17, 15) is 9.59 Å². The molecule has 0 saturated carbocycles. The van der Waals surface area contributed by atoms with E-state index in [0.29, 0.717) is 11.1 Å². The Kier molecular flexibility index (Phi) is 5.55. The van der Waals surface area contributed by atoms with Gasteiger partial charge in [-0.15, -0.1) is 0 Å². The Bertz CT molecular complexity index is 1650. The number of benzene rings is 1. The lowest BCUT2D eigenvalue weighted by Crippen LogP contribution is -2.28. The van der Waals surface area contributed by atoms with E-state index >= 15 is 0 Å². The predicted octanol–water partition coefficient (Wildman–Crippen LogP) is 5.31. The van der Waals surface area contributed by atoms with Crippen LogP contribution >= 0.6 is 0 Å². The van der Waals surface area contributed by atoms with E-state index in [0.717, 1.165) is 49.9 Å². The number of aryl methyl sites for hydroxylation is 3. The Morgan fingerprint density at radius 3 is 2.63 bits per heavy atom. The van der Waals surface area contributed by atoms with Crippen molar-refractivity contribution in [1.29, 1.82) is 0 Å². The number of hydrogen-bond acceptors (Lipinski definition) is 3. The fourth-order valence-corrected chi connectivity index (χ4v) is 4.82. The lowest BCUT2D eigenvalue weighted by molar-refractivity contribution is 0.0952. The van der Waals surface area contributed by atoms with E-state index in [1.807, 2.05) is 51.4 Å². The molecule has 0 atom stereocenters. The molecule has 3 N–H and O–H groups in total. The molecule has 0 aliphatic heterocycles. The fraction of sp³-hybridized carbons (Fsp3) is 0.250. The Morgan fingerprint density at radius 1 is 1.09 bits per heavy atom. The first-order valence-electron chi connectivity index (χ1n) is 11.8. The second-order valence-corrected chi connectivity index (χ2v) is 9.50. The molecule has 0 fully saturated rings. The molecule has 0 bridgehead atoms. The maximum absolute atomic E-state index is 13.6. The van der Waals surface area contributed by atoms with Crippen LogP contribution in [-0.2, 0) is 6.54 Å². The monoisotopic (exact) mass is 467 g/mol. The van der Waals surface area contributed by atoms with Gasteiger partial charge in [-0.3, -0.25) is 9.59 Å². The highest BCUT2D eigenvalue weighted by molar-refractivity contribution is 6.09. The number of hydrogen-bond donors (Lipinski definition) is 3. The third-order valence-electron chi connectivity index (χ3n) is 6.58. The summed E-state index contributed by atoms with van der Waals surface area (Å²) in [6.45, 7) is 10.2. The van der Waals surface area contributed by atoms with Crippen molar-refractivity contribution in [2.45, 2.75) is 47.2 Å². The van der Waals surface area contributed by atoms with Gasteiger partial charge < -0.3 is 19.9 Å². The van der Waals surface area contributed by atoms with E-state index in [-0.39, 0.29) is 24.1 Å². The molecule has 0 unspecified atom stereocenters. The van der Waals surface area contributed by atoms with Crippen LogP contribution in [0.2, 0.25) is 0 Å². The van der Waals surface area contributed by atoms with Gasteiger partial charge in [0.2, 0.25) is 0 Å². The molecule has 35 heavy (non-hydrogen) atoms. The van der Waals surface area contributed by atoms with Gasteiger partial charge in [0.05, 0.1) is 0 Å². The molecule has 5 aromatic rings. The van der Waals surface area contributed by atoms with Crippen LogP contribution in [0.3, 0.4) is 0 Å². The van der Waals surface area contributed by atoms with Crippen LogP contribution in [0.4, 0.5) is 0 Å². The van der Waals surface area contributed by atoms with Crippen molar-refractivity contribution in [2.24, 2.45) is 0 Å². The highest BCUT2D eigenvalue weighted by Crippen LogP contribution is 2.33. The molecule has 0 saturated heterocycles. The van der Waals surface area contributed by atoms with Gasteiger partial charge >= 0.3 is 0 Å². The molecule has 0 radical (unpaired) electrons. The molecule has 7 heteroatoms. The van der Waals surface area contributed by atoms with Crippen LogP contribution in [0, 0.1) is 20.8 Å². The zero-order chi connectivity index (χ0) is 24.9. The molecule has 7 nitrogen and oxygen atoms in total. The summed E-state index contributed by atoms with van der Waals surface area (Å²) in [7, 11) is 0. The van der Waals surface area contributed by atoms with Gasteiger partial charge in [0, 0.05) is 69.9 Å². The Morgan fingerprint density at radius 2 is 1.89 bits per heavy atom. The second kappa shape index (κ2) is 8.58. The van der Waals surface area contributed by atoms with Gasteiger partial charge in [0.1, 0.15) is 5.65 Å². The smallest absolute Gasteiger partial charge is 0.253 e. The minimum atomic E-state index is -0.212. The number of amides is 1. The van der Waals surface area contributed by atoms with Crippen molar-refractivity contribution in [3.63, 3.8) is 0 Å². The molecule has 1 amide bonds. The van der Waals surface area contributed by atoms with Crippen molar-refractivity contribution < 1.29 is 4.79 Å². The average molecular weight is 468 g/mol. The van der Waals surface area contributed by atoms with Gasteiger partial charge in [-0.05, 0) is 81.6 Å². The standard InChI is InChI=1S/C28H29N5O2/c1-15(2)33-14-17(4)25-22(27(34)31-13-23-16(3)8-18(5)32-28(23)35)10-20(11-24(25)33)21-9-19-6-7-29-26(19)30-12-21/h6-12,14-15H,13H2,1-5H3,(H,29,30)(H,31,34)(H,32,35). The van der Waals surface area contributed by atoms with Gasteiger partial charge in [0.25, 0.3) is 11.5 Å². The zero-order valence-corrected chi connectivity index (χ0v) is 20.6. The van der Waals surface area contributed by atoms with E-state index in [1.54, 1.807) is 0 Å². The number of nitrogens with one attached hydrogen (secondary N) is 3. The van der Waals surface area contributed by atoms with Crippen LogP contribution in [-0.4, -0.2) is 25.4 Å². The first-order chi connectivity index (χ1) is 16.7. The van der Waals surface area contributed by atoms with Crippen molar-refractivity contribution in [3.8, 4) is 11.1 Å². The molecule has 4 aromatic heterocycles. The number of carbonyl (C=O) groups is 1. The Balaban J connectivity index is 1.61. The number of carbonyl (C=O) groups excluding carboxylic acids is 1. The molecular weight excluding hydrogens is 438 g/mol. The number of rotatable bonds is 5. The first kappa shape index (κ1) is 22.7. The molecule has 0 spiro atoms. The number of aromatic amines is 2. The predicted molar refractivity (Wildman–Crippen MR) is 140 cm³/mol. The fourth-order valence-electron chi connectivity index (χ4n) is 4.82. The summed E-state index contributed by atoms with van der Waals surface area (Å²) in [6, 6.07) is 10.3. The summed E-state index contributed by atoms with van der Waals surface area (Å²) in [6.07, 6.45) is 5.79. The number of nitrogens with zero attached hydrogens (tertiary/aromatic N) is 2. The molecular formula is C28H29N5O2. The van der Waals surface area contributed by atoms with Crippen LogP contribution in [0.1, 0.15) is 52.6 Å². The highest BCUT2D eigenvalue weighted by atomic mass is 16.1. The molecule has 5 rings (SSSR count). The summed E-state index contributed by atoms with van der Waals surface area (Å²) in [4.78, 5) is 36.5. The third-order valence-corrected chi connectivity index (χ3v) is 6.58. The largest absolute Gasteiger partial charge is 0.348 e.